The molecule has 3 aromatic carbocycles. The van der Waals surface area contributed by atoms with Crippen LogP contribution in [0.4, 0.5) is 10.1 Å². The van der Waals surface area contributed by atoms with Gasteiger partial charge < -0.3 is 10.2 Å². The van der Waals surface area contributed by atoms with Gasteiger partial charge in [0.1, 0.15) is 18.4 Å². The quantitative estimate of drug-likeness (QED) is 0.336. The summed E-state index contributed by atoms with van der Waals surface area (Å²) in [5, 5.41) is 3.12. The molecule has 39 heavy (non-hydrogen) atoms. The van der Waals surface area contributed by atoms with E-state index in [-0.39, 0.29) is 40.3 Å². The van der Waals surface area contributed by atoms with Crippen molar-refractivity contribution in [1.29, 1.82) is 0 Å². The molecule has 1 N–H and O–H groups in total. The summed E-state index contributed by atoms with van der Waals surface area (Å²) < 4.78 is 41.2. The molecule has 0 aliphatic carbocycles. The molecule has 0 heterocycles. The van der Waals surface area contributed by atoms with E-state index in [1.807, 2.05) is 30.3 Å². The topological polar surface area (TPSA) is 86.8 Å². The van der Waals surface area contributed by atoms with Crippen molar-refractivity contribution in [1.82, 2.24) is 10.2 Å². The highest BCUT2D eigenvalue weighted by molar-refractivity contribution is 7.92. The van der Waals surface area contributed by atoms with Gasteiger partial charge in [0.05, 0.1) is 17.0 Å². The van der Waals surface area contributed by atoms with Crippen LogP contribution in [0.1, 0.15) is 25.0 Å². The lowest BCUT2D eigenvalue weighted by Crippen LogP contribution is -2.54. The molecule has 3 aromatic rings. The number of hydrogen-bond donors (Lipinski definition) is 1. The van der Waals surface area contributed by atoms with Crippen molar-refractivity contribution in [3.63, 3.8) is 0 Å². The summed E-state index contributed by atoms with van der Waals surface area (Å²) in [6.07, 6.45) is 1.06. The van der Waals surface area contributed by atoms with Gasteiger partial charge in [-0.1, -0.05) is 71.7 Å². The molecule has 1 atom stereocenters. The highest BCUT2D eigenvalue weighted by Crippen LogP contribution is 2.31. The molecule has 0 saturated heterocycles. The first kappa shape index (κ1) is 30.4. The maximum absolute atomic E-state index is 14.8. The number of halogens is 3. The van der Waals surface area contributed by atoms with E-state index in [0.29, 0.717) is 0 Å². The van der Waals surface area contributed by atoms with E-state index in [1.165, 1.54) is 41.3 Å². The Labute approximate surface area is 238 Å². The van der Waals surface area contributed by atoms with Crippen LogP contribution in [0.15, 0.2) is 72.8 Å². The van der Waals surface area contributed by atoms with Crippen LogP contribution >= 0.6 is 23.2 Å². The summed E-state index contributed by atoms with van der Waals surface area (Å²) in [6.45, 7) is 2.61. The fourth-order valence-electron chi connectivity index (χ4n) is 4.02. The molecule has 208 valence electrons. The predicted octanol–water partition coefficient (Wildman–Crippen LogP) is 5.06. The summed E-state index contributed by atoms with van der Waals surface area (Å²) in [7, 11) is -4.02. The van der Waals surface area contributed by atoms with E-state index < -0.39 is 40.2 Å². The average Bonchev–Trinajstić information content (AvgIpc) is 2.86. The van der Waals surface area contributed by atoms with Crippen molar-refractivity contribution in [2.45, 2.75) is 38.9 Å². The molecular formula is C28H30Cl2FN3O4S. The fraction of sp³-hybridized carbons (Fsp3) is 0.286. The smallest absolute Gasteiger partial charge is 0.244 e. The minimum atomic E-state index is -4.02. The average molecular weight is 595 g/mol. The minimum Gasteiger partial charge on any atom is -0.352 e. The van der Waals surface area contributed by atoms with Crippen molar-refractivity contribution in [2.24, 2.45) is 0 Å². The van der Waals surface area contributed by atoms with Crippen LogP contribution in [-0.4, -0.2) is 50.0 Å². The van der Waals surface area contributed by atoms with Gasteiger partial charge in [-0.05, 0) is 43.7 Å². The normalized spacial score (nSPS) is 12.2. The number of anilines is 1. The first-order valence-electron chi connectivity index (χ1n) is 12.2. The van der Waals surface area contributed by atoms with E-state index in [0.717, 1.165) is 16.1 Å². The number of nitrogens with zero attached hydrogens (tertiary/aromatic N) is 2. The Morgan fingerprint density at radius 1 is 0.974 bits per heavy atom. The third-order valence-corrected chi connectivity index (χ3v) is 7.54. The molecule has 0 aliphatic heterocycles. The largest absolute Gasteiger partial charge is 0.352 e. The summed E-state index contributed by atoms with van der Waals surface area (Å²) in [4.78, 5) is 28.6. The summed E-state index contributed by atoms with van der Waals surface area (Å²) in [5.74, 6) is -1.74. The molecule has 11 heteroatoms. The Balaban J connectivity index is 2.09. The molecule has 0 aromatic heterocycles. The van der Waals surface area contributed by atoms with Gasteiger partial charge in [-0.25, -0.2) is 12.8 Å². The van der Waals surface area contributed by atoms with Gasteiger partial charge in [-0.3, -0.25) is 13.9 Å². The van der Waals surface area contributed by atoms with Gasteiger partial charge >= 0.3 is 0 Å². The van der Waals surface area contributed by atoms with Gasteiger partial charge in [0.15, 0.2) is 0 Å². The molecule has 0 fully saturated rings. The SMILES string of the molecule is CC(C)NC(=O)[C@H](Cc1ccccc1)N(Cc1ccccc1F)C(=O)CN(c1cc(Cl)ccc1Cl)S(C)(=O)=O. The number of hydrogen-bond acceptors (Lipinski definition) is 4. The van der Waals surface area contributed by atoms with Gasteiger partial charge in [0, 0.05) is 29.6 Å². The van der Waals surface area contributed by atoms with E-state index in [2.05, 4.69) is 5.32 Å². The first-order chi connectivity index (χ1) is 18.4. The Morgan fingerprint density at radius 2 is 1.62 bits per heavy atom. The third kappa shape index (κ3) is 8.42. The van der Waals surface area contributed by atoms with Crippen molar-refractivity contribution < 1.29 is 22.4 Å². The second-order valence-electron chi connectivity index (χ2n) is 9.35. The summed E-state index contributed by atoms with van der Waals surface area (Å²) >= 11 is 12.4. The van der Waals surface area contributed by atoms with Gasteiger partial charge in [0.2, 0.25) is 21.8 Å². The van der Waals surface area contributed by atoms with E-state index in [9.17, 15) is 22.4 Å². The maximum atomic E-state index is 14.8. The molecule has 2 amide bonds. The number of amides is 2. The van der Waals surface area contributed by atoms with Gasteiger partial charge in [0.25, 0.3) is 0 Å². The summed E-state index contributed by atoms with van der Waals surface area (Å²) in [5.41, 5.74) is 0.954. The Morgan fingerprint density at radius 3 is 2.23 bits per heavy atom. The molecule has 0 unspecified atom stereocenters. The number of rotatable bonds is 11. The molecule has 0 saturated carbocycles. The van der Waals surface area contributed by atoms with Crippen LogP contribution in [0.25, 0.3) is 0 Å². The lowest BCUT2D eigenvalue weighted by atomic mass is 10.0. The Kier molecular flexibility index (Phi) is 10.4. The number of nitrogens with one attached hydrogen (secondary N) is 1. The minimum absolute atomic E-state index is 0.0112. The molecular weight excluding hydrogens is 564 g/mol. The van der Waals surface area contributed by atoms with Crippen LogP contribution in [0, 0.1) is 5.82 Å². The number of benzene rings is 3. The maximum Gasteiger partial charge on any atom is 0.244 e. The zero-order valence-electron chi connectivity index (χ0n) is 21.8. The second-order valence-corrected chi connectivity index (χ2v) is 12.1. The number of carbonyl (C=O) groups is 2. The lowest BCUT2D eigenvalue weighted by Gasteiger charge is -2.34. The zero-order chi connectivity index (χ0) is 28.7. The van der Waals surface area contributed by atoms with Crippen molar-refractivity contribution in [3.05, 3.63) is 99.8 Å². The van der Waals surface area contributed by atoms with Crippen LogP contribution in [-0.2, 0) is 32.6 Å². The molecule has 0 radical (unpaired) electrons. The standard InChI is InChI=1S/C28H30Cl2FN3O4S/c1-19(2)32-28(36)26(15-20-9-5-4-6-10-20)33(17-21-11-7-8-12-24(21)31)27(35)18-34(39(3,37)38)25-16-22(29)13-14-23(25)30/h4-14,16,19,26H,15,17-18H2,1-3H3,(H,32,36)/t26-/m0/s1. The molecule has 0 aliphatic rings. The summed E-state index contributed by atoms with van der Waals surface area (Å²) in [6, 6.07) is 17.9. The van der Waals surface area contributed by atoms with Crippen molar-refractivity contribution in [2.75, 3.05) is 17.1 Å². The molecule has 0 bridgehead atoms. The molecule has 3 rings (SSSR count). The van der Waals surface area contributed by atoms with Gasteiger partial charge in [-0.2, -0.15) is 0 Å². The van der Waals surface area contributed by atoms with Crippen LogP contribution in [0.5, 0.6) is 0 Å². The Bertz CT molecular complexity index is 1420. The first-order valence-corrected chi connectivity index (χ1v) is 14.8. The molecule has 7 nitrogen and oxygen atoms in total. The van der Waals surface area contributed by atoms with E-state index >= 15 is 0 Å². The lowest BCUT2D eigenvalue weighted by molar-refractivity contribution is -0.140. The predicted molar refractivity (Wildman–Crippen MR) is 153 cm³/mol. The van der Waals surface area contributed by atoms with E-state index in [1.54, 1.807) is 19.9 Å². The van der Waals surface area contributed by atoms with Crippen LogP contribution in [0.2, 0.25) is 10.0 Å². The van der Waals surface area contributed by atoms with Crippen molar-refractivity contribution in [3.8, 4) is 0 Å². The van der Waals surface area contributed by atoms with Crippen LogP contribution < -0.4 is 9.62 Å². The van der Waals surface area contributed by atoms with Crippen LogP contribution in [0.3, 0.4) is 0 Å². The number of carbonyl (C=O) groups excluding carboxylic acids is 2. The monoisotopic (exact) mass is 593 g/mol. The van der Waals surface area contributed by atoms with Gasteiger partial charge in [-0.15, -0.1) is 0 Å². The zero-order valence-corrected chi connectivity index (χ0v) is 24.1. The highest BCUT2D eigenvalue weighted by atomic mass is 35.5. The third-order valence-electron chi connectivity index (χ3n) is 5.86. The van der Waals surface area contributed by atoms with E-state index in [4.69, 9.17) is 23.2 Å². The fourth-order valence-corrected chi connectivity index (χ4v) is 5.31. The molecule has 0 spiro atoms. The number of sulfonamides is 1. The highest BCUT2D eigenvalue weighted by Gasteiger charge is 2.34. The van der Waals surface area contributed by atoms with Crippen molar-refractivity contribution >= 4 is 50.7 Å². The Hall–Kier alpha value is -3.14. The second kappa shape index (κ2) is 13.3.